The average molecular weight is 317 g/mol. The first-order valence-corrected chi connectivity index (χ1v) is 8.09. The van der Waals surface area contributed by atoms with Gasteiger partial charge in [-0.2, -0.15) is 4.98 Å². The van der Waals surface area contributed by atoms with Crippen molar-refractivity contribution in [1.82, 2.24) is 20.1 Å². The molecule has 0 bridgehead atoms. The highest BCUT2D eigenvalue weighted by molar-refractivity contribution is 7.92. The zero-order chi connectivity index (χ0) is 15.6. The van der Waals surface area contributed by atoms with E-state index >= 15 is 0 Å². The predicted octanol–water partition coefficient (Wildman–Crippen LogP) is 1.57. The summed E-state index contributed by atoms with van der Waals surface area (Å²) in [5, 5.41) is 3.87. The van der Waals surface area contributed by atoms with Gasteiger partial charge < -0.3 is 4.52 Å². The van der Waals surface area contributed by atoms with Crippen LogP contribution in [0.5, 0.6) is 0 Å². The number of nitrogens with one attached hydrogen (secondary N) is 1. The number of anilines is 1. The van der Waals surface area contributed by atoms with E-state index in [0.717, 1.165) is 6.26 Å². The Morgan fingerprint density at radius 2 is 1.91 bits per heavy atom. The summed E-state index contributed by atoms with van der Waals surface area (Å²) in [4.78, 5) is 12.2. The predicted molar refractivity (Wildman–Crippen MR) is 79.2 cm³/mol. The van der Waals surface area contributed by atoms with Crippen LogP contribution in [-0.2, 0) is 10.0 Å². The third kappa shape index (κ3) is 3.26. The number of hydrogen-bond donors (Lipinski definition) is 1. The molecular weight excluding hydrogens is 306 g/mol. The molecule has 1 N–H and O–H groups in total. The summed E-state index contributed by atoms with van der Waals surface area (Å²) < 4.78 is 29.8. The first-order chi connectivity index (χ1) is 10.5. The van der Waals surface area contributed by atoms with Crippen LogP contribution in [0.4, 0.5) is 5.69 Å². The van der Waals surface area contributed by atoms with Gasteiger partial charge in [0.05, 0.1) is 12.5 Å². The quantitative estimate of drug-likeness (QED) is 0.777. The van der Waals surface area contributed by atoms with Gasteiger partial charge in [0.15, 0.2) is 0 Å². The lowest BCUT2D eigenvalue weighted by Crippen LogP contribution is -2.09. The van der Waals surface area contributed by atoms with E-state index in [1.807, 2.05) is 0 Å². The Balaban J connectivity index is 1.85. The van der Waals surface area contributed by atoms with E-state index in [2.05, 4.69) is 24.8 Å². The van der Waals surface area contributed by atoms with Crippen LogP contribution in [0.3, 0.4) is 0 Å². The molecule has 0 fully saturated rings. The standard InChI is InChI=1S/C13H11N5O3S/c1-22(19,20)18-10-4-2-9(3-5-10)12-16-13(21-17-12)11-8-14-6-7-15-11/h2-8,18H,1H3. The van der Waals surface area contributed by atoms with E-state index in [1.54, 1.807) is 30.5 Å². The van der Waals surface area contributed by atoms with Crippen molar-refractivity contribution in [1.29, 1.82) is 0 Å². The number of rotatable bonds is 4. The number of benzene rings is 1. The Labute approximate surface area is 126 Å². The van der Waals surface area contributed by atoms with Crippen LogP contribution in [0.1, 0.15) is 0 Å². The fourth-order valence-corrected chi connectivity index (χ4v) is 2.32. The second kappa shape index (κ2) is 5.53. The van der Waals surface area contributed by atoms with Gasteiger partial charge in [-0.05, 0) is 24.3 Å². The molecule has 2 heterocycles. The third-order valence-electron chi connectivity index (χ3n) is 2.65. The Kier molecular flexibility index (Phi) is 3.55. The van der Waals surface area contributed by atoms with Crippen molar-refractivity contribution in [2.24, 2.45) is 0 Å². The zero-order valence-corrected chi connectivity index (χ0v) is 12.3. The van der Waals surface area contributed by atoms with Gasteiger partial charge in [-0.1, -0.05) is 5.16 Å². The topological polar surface area (TPSA) is 111 Å². The zero-order valence-electron chi connectivity index (χ0n) is 11.5. The van der Waals surface area contributed by atoms with E-state index in [9.17, 15) is 8.42 Å². The molecule has 0 aliphatic rings. The van der Waals surface area contributed by atoms with E-state index < -0.39 is 10.0 Å². The Morgan fingerprint density at radius 3 is 2.55 bits per heavy atom. The molecule has 0 saturated heterocycles. The normalized spacial score (nSPS) is 11.3. The van der Waals surface area contributed by atoms with Gasteiger partial charge in [-0.15, -0.1) is 0 Å². The molecule has 112 valence electrons. The van der Waals surface area contributed by atoms with Gasteiger partial charge in [0, 0.05) is 23.6 Å². The summed E-state index contributed by atoms with van der Waals surface area (Å²) in [6.07, 6.45) is 5.70. The Hall–Kier alpha value is -2.81. The van der Waals surface area contributed by atoms with Crippen LogP contribution in [0, 0.1) is 0 Å². The molecule has 2 aromatic heterocycles. The highest BCUT2D eigenvalue weighted by atomic mass is 32.2. The van der Waals surface area contributed by atoms with E-state index in [-0.39, 0.29) is 5.89 Å². The summed E-state index contributed by atoms with van der Waals surface area (Å²) in [6, 6.07) is 6.63. The smallest absolute Gasteiger partial charge is 0.278 e. The minimum Gasteiger partial charge on any atom is -0.332 e. The Bertz CT molecular complexity index is 876. The van der Waals surface area contributed by atoms with E-state index in [1.165, 1.54) is 12.4 Å². The van der Waals surface area contributed by atoms with Gasteiger partial charge in [-0.3, -0.25) is 9.71 Å². The number of sulfonamides is 1. The molecule has 3 rings (SSSR count). The van der Waals surface area contributed by atoms with Crippen LogP contribution in [-0.4, -0.2) is 34.8 Å². The van der Waals surface area contributed by atoms with Gasteiger partial charge in [0.25, 0.3) is 5.89 Å². The maximum Gasteiger partial charge on any atom is 0.278 e. The number of hydrogen-bond acceptors (Lipinski definition) is 7. The maximum atomic E-state index is 11.2. The summed E-state index contributed by atoms with van der Waals surface area (Å²) in [5.41, 5.74) is 1.64. The number of nitrogens with zero attached hydrogens (tertiary/aromatic N) is 4. The molecule has 0 unspecified atom stereocenters. The fraction of sp³-hybridized carbons (Fsp3) is 0.0769. The van der Waals surface area contributed by atoms with E-state index in [0.29, 0.717) is 22.8 Å². The highest BCUT2D eigenvalue weighted by Crippen LogP contribution is 2.22. The van der Waals surface area contributed by atoms with E-state index in [4.69, 9.17) is 4.52 Å². The summed E-state index contributed by atoms with van der Waals surface area (Å²) in [6.45, 7) is 0. The van der Waals surface area contributed by atoms with Crippen LogP contribution >= 0.6 is 0 Å². The molecule has 22 heavy (non-hydrogen) atoms. The molecular formula is C13H11N5O3S. The molecule has 0 aliphatic carbocycles. The second-order valence-electron chi connectivity index (χ2n) is 4.47. The van der Waals surface area contributed by atoms with Crippen LogP contribution < -0.4 is 4.72 Å². The minimum absolute atomic E-state index is 0.265. The van der Waals surface area contributed by atoms with Crippen molar-refractivity contribution in [2.45, 2.75) is 0 Å². The summed E-state index contributed by atoms with van der Waals surface area (Å²) in [7, 11) is -3.30. The van der Waals surface area contributed by atoms with Crippen molar-refractivity contribution in [3.63, 3.8) is 0 Å². The lowest BCUT2D eigenvalue weighted by Gasteiger charge is -2.03. The molecule has 3 aromatic rings. The Morgan fingerprint density at radius 1 is 1.14 bits per heavy atom. The average Bonchev–Trinajstić information content (AvgIpc) is 2.97. The minimum atomic E-state index is -3.30. The fourth-order valence-electron chi connectivity index (χ4n) is 1.76. The SMILES string of the molecule is CS(=O)(=O)Nc1ccc(-c2noc(-c3cnccn3)n2)cc1. The molecule has 0 amide bonds. The van der Waals surface area contributed by atoms with Gasteiger partial charge in [-0.25, -0.2) is 13.4 Å². The van der Waals surface area contributed by atoms with Crippen molar-refractivity contribution in [3.05, 3.63) is 42.9 Å². The van der Waals surface area contributed by atoms with Crippen molar-refractivity contribution in [3.8, 4) is 23.0 Å². The van der Waals surface area contributed by atoms with Crippen molar-refractivity contribution in [2.75, 3.05) is 11.0 Å². The van der Waals surface area contributed by atoms with Gasteiger partial charge in [0.1, 0.15) is 5.69 Å². The largest absolute Gasteiger partial charge is 0.332 e. The van der Waals surface area contributed by atoms with Crippen LogP contribution in [0.2, 0.25) is 0 Å². The van der Waals surface area contributed by atoms with Crippen molar-refractivity contribution >= 4 is 15.7 Å². The molecule has 0 atom stereocenters. The summed E-state index contributed by atoms with van der Waals surface area (Å²) >= 11 is 0. The molecule has 0 saturated carbocycles. The highest BCUT2D eigenvalue weighted by Gasteiger charge is 2.12. The molecule has 0 radical (unpaired) electrons. The van der Waals surface area contributed by atoms with Gasteiger partial charge in [0.2, 0.25) is 15.8 Å². The van der Waals surface area contributed by atoms with Crippen LogP contribution in [0.25, 0.3) is 23.0 Å². The van der Waals surface area contributed by atoms with Crippen LogP contribution in [0.15, 0.2) is 47.4 Å². The van der Waals surface area contributed by atoms with Gasteiger partial charge >= 0.3 is 0 Å². The monoisotopic (exact) mass is 317 g/mol. The third-order valence-corrected chi connectivity index (χ3v) is 3.26. The number of aromatic nitrogens is 4. The molecule has 9 heteroatoms. The molecule has 0 aliphatic heterocycles. The summed E-state index contributed by atoms with van der Waals surface area (Å²) in [5.74, 6) is 0.646. The first kappa shape index (κ1) is 14.1. The lowest BCUT2D eigenvalue weighted by atomic mass is 10.2. The second-order valence-corrected chi connectivity index (χ2v) is 6.21. The maximum absolute atomic E-state index is 11.2. The van der Waals surface area contributed by atoms with Crippen molar-refractivity contribution < 1.29 is 12.9 Å². The molecule has 8 nitrogen and oxygen atoms in total. The molecule has 1 aromatic carbocycles. The first-order valence-electron chi connectivity index (χ1n) is 6.19. The lowest BCUT2D eigenvalue weighted by molar-refractivity contribution is 0.431. The molecule has 0 spiro atoms.